The molecule has 10 nitrogen and oxygen atoms in total. The molecule has 0 aromatic rings. The predicted octanol–water partition coefficient (Wildman–Crippen LogP) is 2.35. The van der Waals surface area contributed by atoms with Crippen molar-refractivity contribution in [2.45, 2.75) is 102 Å². The molecular weight excluding hydrogens is 514 g/mol. The van der Waals surface area contributed by atoms with Gasteiger partial charge >= 0.3 is 5.97 Å². The lowest BCUT2D eigenvalue weighted by Crippen LogP contribution is -2.59. The lowest BCUT2D eigenvalue weighted by Gasteiger charge is -2.42. The molecule has 0 radical (unpaired) electrons. The van der Waals surface area contributed by atoms with E-state index in [2.05, 4.69) is 18.5 Å². The number of aliphatic hydroxyl groups excluding tert-OH is 1. The maximum absolute atomic E-state index is 14.2. The summed E-state index contributed by atoms with van der Waals surface area (Å²) in [7, 11) is 0. The highest BCUT2D eigenvalue weighted by atomic mass is 16.6. The quantitative estimate of drug-likeness (QED) is 0.179. The Morgan fingerprint density at radius 1 is 1.25 bits per heavy atom. The third-order valence-electron chi connectivity index (χ3n) is 8.23. The minimum atomic E-state index is -1.10. The molecule has 0 aromatic heterocycles. The number of allylic oxidation sites excluding steroid dienone is 1. The van der Waals surface area contributed by atoms with E-state index < -0.39 is 47.2 Å². The van der Waals surface area contributed by atoms with E-state index in [1.165, 1.54) is 0 Å². The van der Waals surface area contributed by atoms with E-state index in [0.29, 0.717) is 58.0 Å². The van der Waals surface area contributed by atoms with Crippen molar-refractivity contribution >= 4 is 23.7 Å². The summed E-state index contributed by atoms with van der Waals surface area (Å²) in [6.07, 6.45) is 6.09. The van der Waals surface area contributed by atoms with Gasteiger partial charge in [0.1, 0.15) is 17.7 Å². The van der Waals surface area contributed by atoms with Gasteiger partial charge in [0.25, 0.3) is 0 Å². The molecule has 3 fully saturated rings. The summed E-state index contributed by atoms with van der Waals surface area (Å²) in [5.74, 6) is -2.80. The topological polar surface area (TPSA) is 125 Å². The van der Waals surface area contributed by atoms with Crippen LogP contribution in [0.1, 0.15) is 72.6 Å². The van der Waals surface area contributed by atoms with Gasteiger partial charge in [0, 0.05) is 31.7 Å². The SMILES string of the molecule is C=CCCC(=O)NC[C@H](C)OC(=O)[C@@H]1[C@H]2C(=O)N(CCCCCO)[C@H](C(=O)N(CC=C)C(C)(C)C)[C@]23CC[C@H]1O3. The highest BCUT2D eigenvalue weighted by Crippen LogP contribution is 2.59. The molecule has 2 bridgehead atoms. The molecule has 3 amide bonds. The maximum atomic E-state index is 14.2. The minimum absolute atomic E-state index is 0.0611. The number of carbonyl (C=O) groups excluding carboxylic acids is 4. The van der Waals surface area contributed by atoms with Gasteiger partial charge in [-0.3, -0.25) is 19.2 Å². The number of hydrogen-bond acceptors (Lipinski definition) is 7. The van der Waals surface area contributed by atoms with E-state index in [1.807, 2.05) is 20.8 Å². The molecule has 3 rings (SSSR count). The lowest BCUT2D eigenvalue weighted by molar-refractivity contribution is -0.159. The second-order valence-electron chi connectivity index (χ2n) is 12.2. The third-order valence-corrected chi connectivity index (χ3v) is 8.23. The van der Waals surface area contributed by atoms with Crippen LogP contribution < -0.4 is 5.32 Å². The average Bonchev–Trinajstić information content (AvgIpc) is 3.53. The lowest BCUT2D eigenvalue weighted by atomic mass is 9.70. The second kappa shape index (κ2) is 13.3. The van der Waals surface area contributed by atoms with Crippen LogP contribution in [-0.4, -0.2) is 94.2 Å². The molecule has 0 aliphatic carbocycles. The molecule has 6 atom stereocenters. The van der Waals surface area contributed by atoms with Crippen LogP contribution >= 0.6 is 0 Å². The molecule has 40 heavy (non-hydrogen) atoms. The number of nitrogens with one attached hydrogen (secondary N) is 1. The van der Waals surface area contributed by atoms with Crippen molar-refractivity contribution in [3.05, 3.63) is 25.3 Å². The number of fused-ring (bicyclic) bond motifs is 1. The Bertz CT molecular complexity index is 977. The molecule has 10 heteroatoms. The van der Waals surface area contributed by atoms with Gasteiger partial charge in [-0.1, -0.05) is 12.2 Å². The van der Waals surface area contributed by atoms with E-state index in [1.54, 1.807) is 28.9 Å². The number of rotatable bonds is 15. The fourth-order valence-electron chi connectivity index (χ4n) is 6.38. The van der Waals surface area contributed by atoms with Crippen LogP contribution in [0.4, 0.5) is 0 Å². The molecule has 0 saturated carbocycles. The summed E-state index contributed by atoms with van der Waals surface area (Å²) in [6.45, 7) is 15.8. The number of ether oxygens (including phenoxy) is 2. The summed E-state index contributed by atoms with van der Waals surface area (Å²) in [4.78, 5) is 57.0. The maximum Gasteiger partial charge on any atom is 0.312 e. The van der Waals surface area contributed by atoms with Gasteiger partial charge in [-0.15, -0.1) is 13.2 Å². The van der Waals surface area contributed by atoms with Gasteiger partial charge in [-0.05, 0) is 66.2 Å². The van der Waals surface area contributed by atoms with Crippen LogP contribution in [0, 0.1) is 11.8 Å². The number of amides is 3. The number of unbranched alkanes of at least 4 members (excludes halogenated alkanes) is 2. The zero-order valence-electron chi connectivity index (χ0n) is 24.5. The standard InChI is InChI=1S/C30H47N3O7/c1-7-9-13-22(35)31-19-20(3)39-28(38)23-21-14-15-30(40-21)24(23)26(36)32(17-11-10-12-18-34)25(30)27(37)33(16-8-2)29(4,5)6/h7-8,20-21,23-25,34H,1-2,9-19H2,3-6H3,(H,31,35)/t20-,21+,23-,24-,25+,30-/m0/s1. The molecule has 1 spiro atoms. The fraction of sp³-hybridized carbons (Fsp3) is 0.733. The molecule has 3 aliphatic rings. The van der Waals surface area contributed by atoms with Crippen LogP contribution in [0.2, 0.25) is 0 Å². The summed E-state index contributed by atoms with van der Waals surface area (Å²) in [5.41, 5.74) is -1.63. The van der Waals surface area contributed by atoms with Crippen LogP contribution in [0.5, 0.6) is 0 Å². The summed E-state index contributed by atoms with van der Waals surface area (Å²) in [5, 5.41) is 12.0. The van der Waals surface area contributed by atoms with E-state index in [4.69, 9.17) is 9.47 Å². The molecular formula is C30H47N3O7. The summed E-state index contributed by atoms with van der Waals surface area (Å²) >= 11 is 0. The first-order valence-electron chi connectivity index (χ1n) is 14.5. The Kier molecular flexibility index (Phi) is 10.6. The van der Waals surface area contributed by atoms with Crippen molar-refractivity contribution in [1.82, 2.24) is 15.1 Å². The molecule has 3 saturated heterocycles. The van der Waals surface area contributed by atoms with E-state index in [9.17, 15) is 24.3 Å². The highest BCUT2D eigenvalue weighted by Gasteiger charge is 2.75. The van der Waals surface area contributed by atoms with Crippen molar-refractivity contribution in [3.8, 4) is 0 Å². The number of aliphatic hydroxyl groups is 1. The average molecular weight is 562 g/mol. The van der Waals surface area contributed by atoms with Gasteiger partial charge in [0.05, 0.1) is 24.5 Å². The number of hydrogen-bond donors (Lipinski definition) is 2. The van der Waals surface area contributed by atoms with Crippen molar-refractivity contribution in [1.29, 1.82) is 0 Å². The van der Waals surface area contributed by atoms with E-state index >= 15 is 0 Å². The van der Waals surface area contributed by atoms with Crippen LogP contribution in [0.3, 0.4) is 0 Å². The molecule has 3 heterocycles. The van der Waals surface area contributed by atoms with Gasteiger partial charge in [-0.25, -0.2) is 0 Å². The molecule has 0 unspecified atom stereocenters. The van der Waals surface area contributed by atoms with Crippen LogP contribution in [-0.2, 0) is 28.7 Å². The first kappa shape index (κ1) is 31.8. The largest absolute Gasteiger partial charge is 0.460 e. The van der Waals surface area contributed by atoms with Gasteiger partial charge in [0.15, 0.2) is 0 Å². The Morgan fingerprint density at radius 2 is 1.98 bits per heavy atom. The first-order valence-corrected chi connectivity index (χ1v) is 14.5. The van der Waals surface area contributed by atoms with E-state index in [-0.39, 0.29) is 30.9 Å². The van der Waals surface area contributed by atoms with Crippen molar-refractivity contribution in [2.75, 3.05) is 26.2 Å². The van der Waals surface area contributed by atoms with Gasteiger partial charge in [0.2, 0.25) is 17.7 Å². The smallest absolute Gasteiger partial charge is 0.312 e. The fourth-order valence-corrected chi connectivity index (χ4v) is 6.38. The predicted molar refractivity (Wildman–Crippen MR) is 150 cm³/mol. The molecule has 224 valence electrons. The summed E-state index contributed by atoms with van der Waals surface area (Å²) in [6, 6.07) is -0.859. The van der Waals surface area contributed by atoms with Crippen molar-refractivity contribution in [3.63, 3.8) is 0 Å². The number of carbonyl (C=O) groups is 4. The Hall–Kier alpha value is -2.72. The zero-order chi connectivity index (χ0) is 29.7. The summed E-state index contributed by atoms with van der Waals surface area (Å²) < 4.78 is 12.2. The van der Waals surface area contributed by atoms with Crippen molar-refractivity contribution in [2.24, 2.45) is 11.8 Å². The first-order chi connectivity index (χ1) is 18.9. The monoisotopic (exact) mass is 561 g/mol. The molecule has 2 N–H and O–H groups in total. The number of nitrogens with zero attached hydrogens (tertiary/aromatic N) is 2. The molecule has 3 aliphatic heterocycles. The number of esters is 1. The van der Waals surface area contributed by atoms with E-state index in [0.717, 1.165) is 0 Å². The number of likely N-dealkylation sites (tertiary alicyclic amines) is 1. The second-order valence-corrected chi connectivity index (χ2v) is 12.2. The van der Waals surface area contributed by atoms with Crippen molar-refractivity contribution < 1.29 is 33.8 Å². The highest BCUT2D eigenvalue weighted by molar-refractivity contribution is 5.98. The molecule has 0 aromatic carbocycles. The normalized spacial score (nSPS) is 27.7. The Morgan fingerprint density at radius 3 is 2.60 bits per heavy atom. The van der Waals surface area contributed by atoms with Crippen LogP contribution in [0.25, 0.3) is 0 Å². The Labute approximate surface area is 238 Å². The van der Waals surface area contributed by atoms with Gasteiger partial charge in [-0.2, -0.15) is 0 Å². The Balaban J connectivity index is 1.85. The van der Waals surface area contributed by atoms with Gasteiger partial charge < -0.3 is 29.7 Å². The zero-order valence-corrected chi connectivity index (χ0v) is 24.5. The minimum Gasteiger partial charge on any atom is -0.460 e. The van der Waals surface area contributed by atoms with Crippen LogP contribution in [0.15, 0.2) is 25.3 Å². The third kappa shape index (κ3) is 6.43.